The maximum atomic E-state index is 11.1. The first-order valence-corrected chi connectivity index (χ1v) is 6.11. The Morgan fingerprint density at radius 2 is 1.89 bits per heavy atom. The molecule has 1 heterocycles. The fourth-order valence-corrected chi connectivity index (χ4v) is 2.31. The van der Waals surface area contributed by atoms with Crippen LogP contribution in [0.4, 0.5) is 0 Å². The van der Waals surface area contributed by atoms with Crippen molar-refractivity contribution in [3.05, 3.63) is 0 Å². The molecule has 18 heavy (non-hydrogen) atoms. The van der Waals surface area contributed by atoms with Gasteiger partial charge in [0, 0.05) is 13.0 Å². The first-order chi connectivity index (χ1) is 8.56. The molecule has 0 aliphatic carbocycles. The van der Waals surface area contributed by atoms with Crippen LogP contribution in [0.1, 0.15) is 25.7 Å². The Labute approximate surface area is 106 Å². The van der Waals surface area contributed by atoms with E-state index in [0.29, 0.717) is 25.9 Å². The van der Waals surface area contributed by atoms with Gasteiger partial charge in [-0.05, 0) is 32.4 Å². The minimum absolute atomic E-state index is 0.291. The van der Waals surface area contributed by atoms with Gasteiger partial charge in [-0.15, -0.1) is 0 Å². The summed E-state index contributed by atoms with van der Waals surface area (Å²) in [5.74, 6) is -3.67. The van der Waals surface area contributed by atoms with Gasteiger partial charge in [-0.1, -0.05) is 0 Å². The number of aliphatic carboxylic acids is 2. The Hall–Kier alpha value is -1.61. The molecule has 0 saturated carbocycles. The average Bonchev–Trinajstić information content (AvgIpc) is 2.34. The Bertz CT molecular complexity index is 350. The zero-order chi connectivity index (χ0) is 13.5. The van der Waals surface area contributed by atoms with Gasteiger partial charge in [-0.3, -0.25) is 9.59 Å². The number of carboxylic acids is 2. The Morgan fingerprint density at radius 3 is 2.44 bits per heavy atom. The van der Waals surface area contributed by atoms with Crippen molar-refractivity contribution in [1.82, 2.24) is 4.90 Å². The average molecular weight is 254 g/mol. The van der Waals surface area contributed by atoms with Crippen LogP contribution in [0.25, 0.3) is 0 Å². The molecule has 100 valence electrons. The van der Waals surface area contributed by atoms with Crippen molar-refractivity contribution >= 4 is 11.9 Å². The highest BCUT2D eigenvalue weighted by Gasteiger charge is 2.38. The first kappa shape index (κ1) is 14.5. The van der Waals surface area contributed by atoms with Crippen molar-refractivity contribution in [1.29, 1.82) is 5.26 Å². The minimum atomic E-state index is -1.04. The van der Waals surface area contributed by atoms with Crippen molar-refractivity contribution in [3.8, 4) is 6.07 Å². The highest BCUT2D eigenvalue weighted by atomic mass is 16.4. The van der Waals surface area contributed by atoms with Gasteiger partial charge in [-0.2, -0.15) is 5.26 Å². The van der Waals surface area contributed by atoms with Crippen LogP contribution < -0.4 is 0 Å². The highest BCUT2D eigenvalue weighted by Crippen LogP contribution is 2.24. The van der Waals surface area contributed by atoms with Gasteiger partial charge in [0.1, 0.15) is 0 Å². The van der Waals surface area contributed by atoms with E-state index < -0.39 is 23.8 Å². The summed E-state index contributed by atoms with van der Waals surface area (Å²) in [7, 11) is 0. The third-order valence-corrected chi connectivity index (χ3v) is 3.34. The largest absolute Gasteiger partial charge is 0.481 e. The molecule has 0 amide bonds. The predicted octanol–water partition coefficient (Wildman–Crippen LogP) is 0.788. The van der Waals surface area contributed by atoms with Gasteiger partial charge in [0.15, 0.2) is 0 Å². The van der Waals surface area contributed by atoms with E-state index >= 15 is 0 Å². The van der Waals surface area contributed by atoms with E-state index in [2.05, 4.69) is 6.07 Å². The number of carboxylic acid groups (broad SMARTS) is 2. The molecule has 6 heteroatoms. The van der Waals surface area contributed by atoms with Crippen LogP contribution >= 0.6 is 0 Å². The molecule has 1 aliphatic rings. The smallest absolute Gasteiger partial charge is 0.308 e. The van der Waals surface area contributed by atoms with Crippen LogP contribution in [0, 0.1) is 23.2 Å². The number of nitrogens with zero attached hydrogens (tertiary/aromatic N) is 2. The summed E-state index contributed by atoms with van der Waals surface area (Å²) in [4.78, 5) is 24.0. The van der Waals surface area contributed by atoms with Gasteiger partial charge in [0.2, 0.25) is 0 Å². The molecule has 0 aromatic rings. The molecular weight excluding hydrogens is 236 g/mol. The van der Waals surface area contributed by atoms with Crippen LogP contribution in [0.2, 0.25) is 0 Å². The fraction of sp³-hybridized carbons (Fsp3) is 0.750. The Kier molecular flexibility index (Phi) is 5.59. The van der Waals surface area contributed by atoms with E-state index in [-0.39, 0.29) is 0 Å². The van der Waals surface area contributed by atoms with Gasteiger partial charge < -0.3 is 15.1 Å². The second kappa shape index (κ2) is 6.97. The summed E-state index contributed by atoms with van der Waals surface area (Å²) >= 11 is 0. The molecule has 0 bridgehead atoms. The van der Waals surface area contributed by atoms with Gasteiger partial charge in [0.25, 0.3) is 0 Å². The van der Waals surface area contributed by atoms with Crippen molar-refractivity contribution in [2.24, 2.45) is 11.8 Å². The molecule has 1 fully saturated rings. The van der Waals surface area contributed by atoms with Crippen molar-refractivity contribution in [2.75, 3.05) is 19.6 Å². The quantitative estimate of drug-likeness (QED) is 0.679. The normalized spacial score (nSPS) is 24.4. The zero-order valence-corrected chi connectivity index (χ0v) is 10.2. The maximum Gasteiger partial charge on any atom is 0.308 e. The summed E-state index contributed by atoms with van der Waals surface area (Å²) in [5.41, 5.74) is 0. The summed E-state index contributed by atoms with van der Waals surface area (Å²) in [6.45, 7) is 1.64. The number of hydrogen-bond donors (Lipinski definition) is 2. The lowest BCUT2D eigenvalue weighted by Gasteiger charge is -2.34. The number of nitriles is 1. The Morgan fingerprint density at radius 1 is 1.22 bits per heavy atom. The highest BCUT2D eigenvalue weighted by molar-refractivity contribution is 5.80. The Balaban J connectivity index is 2.45. The van der Waals surface area contributed by atoms with Crippen LogP contribution in [0.3, 0.4) is 0 Å². The molecule has 0 spiro atoms. The molecule has 6 nitrogen and oxygen atoms in total. The molecule has 0 radical (unpaired) electrons. The molecule has 1 rings (SSSR count). The summed E-state index contributed by atoms with van der Waals surface area (Å²) in [6, 6.07) is 2.06. The SMILES string of the molecule is N#CCCCCN1CCC(C(=O)O)C(C(=O)O)C1. The molecule has 1 saturated heterocycles. The second-order valence-corrected chi connectivity index (χ2v) is 4.59. The van der Waals surface area contributed by atoms with Crippen molar-refractivity contribution in [2.45, 2.75) is 25.7 Å². The third-order valence-electron chi connectivity index (χ3n) is 3.34. The molecule has 0 aromatic carbocycles. The second-order valence-electron chi connectivity index (χ2n) is 4.59. The van der Waals surface area contributed by atoms with E-state index in [4.69, 9.17) is 15.5 Å². The van der Waals surface area contributed by atoms with Crippen molar-refractivity contribution < 1.29 is 19.8 Å². The van der Waals surface area contributed by atoms with Crippen molar-refractivity contribution in [3.63, 3.8) is 0 Å². The van der Waals surface area contributed by atoms with Gasteiger partial charge in [0.05, 0.1) is 17.9 Å². The fourth-order valence-electron chi connectivity index (χ4n) is 2.31. The lowest BCUT2D eigenvalue weighted by Crippen LogP contribution is -2.46. The molecule has 2 atom stereocenters. The standard InChI is InChI=1S/C12H18N2O4/c13-5-2-1-3-6-14-7-4-9(11(15)16)10(8-14)12(17)18/h9-10H,1-4,6-8H2,(H,15,16)(H,17,18). The summed E-state index contributed by atoms with van der Waals surface area (Å²) in [6.07, 6.45) is 2.53. The van der Waals surface area contributed by atoms with Gasteiger partial charge >= 0.3 is 11.9 Å². The number of unbranched alkanes of at least 4 members (excludes halogenated alkanes) is 2. The number of hydrogen-bond acceptors (Lipinski definition) is 4. The van der Waals surface area contributed by atoms with E-state index in [0.717, 1.165) is 19.4 Å². The van der Waals surface area contributed by atoms with Crippen LogP contribution in [-0.2, 0) is 9.59 Å². The first-order valence-electron chi connectivity index (χ1n) is 6.11. The summed E-state index contributed by atoms with van der Waals surface area (Å²) < 4.78 is 0. The van der Waals surface area contributed by atoms with Crippen LogP contribution in [0.15, 0.2) is 0 Å². The monoisotopic (exact) mass is 254 g/mol. The van der Waals surface area contributed by atoms with Gasteiger partial charge in [-0.25, -0.2) is 0 Å². The molecular formula is C12H18N2O4. The molecule has 1 aliphatic heterocycles. The lowest BCUT2D eigenvalue weighted by atomic mass is 9.85. The zero-order valence-electron chi connectivity index (χ0n) is 10.2. The summed E-state index contributed by atoms with van der Waals surface area (Å²) in [5, 5.41) is 26.4. The number of piperidine rings is 1. The topological polar surface area (TPSA) is 102 Å². The lowest BCUT2D eigenvalue weighted by molar-refractivity contribution is -0.157. The minimum Gasteiger partial charge on any atom is -0.481 e. The van der Waals surface area contributed by atoms with E-state index in [9.17, 15) is 9.59 Å². The van der Waals surface area contributed by atoms with E-state index in [1.165, 1.54) is 0 Å². The third kappa shape index (κ3) is 4.00. The number of likely N-dealkylation sites (tertiary alicyclic amines) is 1. The van der Waals surface area contributed by atoms with Crippen LogP contribution in [-0.4, -0.2) is 46.7 Å². The molecule has 2 unspecified atom stereocenters. The maximum absolute atomic E-state index is 11.1. The van der Waals surface area contributed by atoms with Crippen LogP contribution in [0.5, 0.6) is 0 Å². The molecule has 0 aromatic heterocycles. The van der Waals surface area contributed by atoms with E-state index in [1.807, 2.05) is 4.90 Å². The van der Waals surface area contributed by atoms with E-state index in [1.54, 1.807) is 0 Å². The predicted molar refractivity (Wildman–Crippen MR) is 62.8 cm³/mol. The molecule has 2 N–H and O–H groups in total. The number of carbonyl (C=O) groups is 2. The number of rotatable bonds is 6.